The zero-order chi connectivity index (χ0) is 21.9. The third-order valence-corrected chi connectivity index (χ3v) is 7.79. The van der Waals surface area contributed by atoms with Gasteiger partial charge in [0.25, 0.3) is 0 Å². The van der Waals surface area contributed by atoms with Crippen molar-refractivity contribution in [2.45, 2.75) is 80.2 Å². The minimum Gasteiger partial charge on any atom is -0.394 e. The molecule has 0 radical (unpaired) electrons. The van der Waals surface area contributed by atoms with Crippen LogP contribution < -0.4 is 4.72 Å². The van der Waals surface area contributed by atoms with E-state index in [4.69, 9.17) is 4.74 Å². The average molecular weight is 451 g/mol. The third kappa shape index (κ3) is 5.15. The normalized spacial score (nSPS) is 26.2. The molecule has 0 bridgehead atoms. The maximum atomic E-state index is 12.6. The molecular formula is C21H30N4O5S. The molecule has 2 heterocycles. The summed E-state index contributed by atoms with van der Waals surface area (Å²) in [4.78, 5) is 0.194. The quantitative estimate of drug-likeness (QED) is 0.553. The van der Waals surface area contributed by atoms with E-state index in [-0.39, 0.29) is 17.6 Å². The van der Waals surface area contributed by atoms with Crippen LogP contribution in [-0.2, 0) is 26.9 Å². The summed E-state index contributed by atoms with van der Waals surface area (Å²) >= 11 is 0. The van der Waals surface area contributed by atoms with Crippen molar-refractivity contribution in [1.29, 1.82) is 0 Å². The van der Waals surface area contributed by atoms with Crippen LogP contribution in [0.25, 0.3) is 0 Å². The molecule has 2 aliphatic rings. The molecular weight excluding hydrogens is 420 g/mol. The number of sulfonamides is 1. The zero-order valence-corrected chi connectivity index (χ0v) is 18.2. The molecule has 3 atom stereocenters. The van der Waals surface area contributed by atoms with Crippen LogP contribution in [0.15, 0.2) is 41.4 Å². The molecule has 9 nitrogen and oxygen atoms in total. The molecule has 0 amide bonds. The first-order valence-corrected chi connectivity index (χ1v) is 12.3. The number of ether oxygens (including phenoxy) is 1. The molecule has 2 fully saturated rings. The first-order chi connectivity index (χ1) is 14.9. The van der Waals surface area contributed by atoms with Gasteiger partial charge in [0.2, 0.25) is 10.0 Å². The van der Waals surface area contributed by atoms with Gasteiger partial charge < -0.3 is 14.9 Å². The van der Waals surface area contributed by atoms with E-state index in [9.17, 15) is 18.6 Å². The summed E-state index contributed by atoms with van der Waals surface area (Å²) in [6.07, 6.45) is 6.41. The Bertz CT molecular complexity index is 959. The lowest BCUT2D eigenvalue weighted by molar-refractivity contribution is -0.0891. The molecule has 1 saturated carbocycles. The first kappa shape index (κ1) is 22.3. The SMILES string of the molecule is O=S(=O)(N[C@H]1CC[C@H](CCn2cc(C3(O)CCCC3)nn2)O[C@@H]1CO)c1ccccc1. The third-order valence-electron chi connectivity index (χ3n) is 6.28. The zero-order valence-electron chi connectivity index (χ0n) is 17.4. The van der Waals surface area contributed by atoms with Crippen LogP contribution in [0.3, 0.4) is 0 Å². The fourth-order valence-corrected chi connectivity index (χ4v) is 5.78. The summed E-state index contributed by atoms with van der Waals surface area (Å²) in [7, 11) is -3.67. The van der Waals surface area contributed by atoms with E-state index in [1.807, 2.05) is 0 Å². The Labute approximate surface area is 182 Å². The number of nitrogens with one attached hydrogen (secondary N) is 1. The van der Waals surface area contributed by atoms with Crippen molar-refractivity contribution >= 4 is 10.0 Å². The highest BCUT2D eigenvalue weighted by atomic mass is 32.2. The van der Waals surface area contributed by atoms with Crippen LogP contribution >= 0.6 is 0 Å². The summed E-state index contributed by atoms with van der Waals surface area (Å²) in [6, 6.07) is 7.70. The van der Waals surface area contributed by atoms with Gasteiger partial charge in [-0.25, -0.2) is 13.1 Å². The summed E-state index contributed by atoms with van der Waals surface area (Å²) in [5.41, 5.74) is -0.233. The lowest BCUT2D eigenvalue weighted by atomic mass is 9.98. The van der Waals surface area contributed by atoms with Gasteiger partial charge in [-0.2, -0.15) is 0 Å². The van der Waals surface area contributed by atoms with Crippen molar-refractivity contribution in [2.75, 3.05) is 6.61 Å². The number of aromatic nitrogens is 3. The monoisotopic (exact) mass is 450 g/mol. The number of hydrogen-bond donors (Lipinski definition) is 3. The van der Waals surface area contributed by atoms with Gasteiger partial charge in [-0.05, 0) is 44.2 Å². The van der Waals surface area contributed by atoms with Crippen molar-refractivity contribution in [3.63, 3.8) is 0 Å². The number of benzene rings is 1. The Hall–Kier alpha value is -1.85. The van der Waals surface area contributed by atoms with Crippen LogP contribution in [0.5, 0.6) is 0 Å². The predicted octanol–water partition coefficient (Wildman–Crippen LogP) is 1.32. The maximum Gasteiger partial charge on any atom is 0.240 e. The standard InChI is InChI=1S/C21H30N4O5S/c26-15-19-18(23-31(28,29)17-6-2-1-3-7-17)9-8-16(30-19)10-13-25-14-20(22-24-25)21(27)11-4-5-12-21/h1-3,6-7,14,16,18-19,23,26-27H,4-5,8-13,15H2/t16-,18+,19-/m1/s1. The largest absolute Gasteiger partial charge is 0.394 e. The molecule has 4 rings (SSSR count). The molecule has 1 aliphatic carbocycles. The number of aliphatic hydroxyl groups is 2. The summed E-state index contributed by atoms with van der Waals surface area (Å²) in [5.74, 6) is 0. The fourth-order valence-electron chi connectivity index (χ4n) is 4.46. The van der Waals surface area contributed by atoms with Crippen LogP contribution in [0.4, 0.5) is 0 Å². The van der Waals surface area contributed by atoms with E-state index in [0.29, 0.717) is 31.5 Å². The lowest BCUT2D eigenvalue weighted by Gasteiger charge is -2.36. The highest BCUT2D eigenvalue weighted by Crippen LogP contribution is 2.37. The Balaban J connectivity index is 1.31. The minimum absolute atomic E-state index is 0.114. The van der Waals surface area contributed by atoms with Crippen molar-refractivity contribution in [3.8, 4) is 0 Å². The van der Waals surface area contributed by atoms with Crippen molar-refractivity contribution in [2.24, 2.45) is 0 Å². The molecule has 10 heteroatoms. The maximum absolute atomic E-state index is 12.6. The van der Waals surface area contributed by atoms with Crippen LogP contribution in [0, 0.1) is 0 Å². The van der Waals surface area contributed by atoms with E-state index in [1.165, 1.54) is 12.1 Å². The Morgan fingerprint density at radius 2 is 1.94 bits per heavy atom. The van der Waals surface area contributed by atoms with Gasteiger partial charge in [0, 0.05) is 6.54 Å². The molecule has 0 spiro atoms. The molecule has 170 valence electrons. The predicted molar refractivity (Wildman–Crippen MR) is 113 cm³/mol. The Morgan fingerprint density at radius 1 is 1.19 bits per heavy atom. The van der Waals surface area contributed by atoms with Gasteiger partial charge in [0.05, 0.1) is 35.9 Å². The summed E-state index contributed by atoms with van der Waals surface area (Å²) in [5, 5.41) is 28.7. The number of hydrogen-bond acceptors (Lipinski definition) is 7. The molecule has 3 N–H and O–H groups in total. The highest BCUT2D eigenvalue weighted by molar-refractivity contribution is 7.89. The Morgan fingerprint density at radius 3 is 2.65 bits per heavy atom. The topological polar surface area (TPSA) is 127 Å². The van der Waals surface area contributed by atoms with Crippen LogP contribution in [0.2, 0.25) is 0 Å². The molecule has 1 aromatic carbocycles. The number of aryl methyl sites for hydroxylation is 1. The molecule has 1 aliphatic heterocycles. The average Bonchev–Trinajstić information content (AvgIpc) is 3.43. The van der Waals surface area contributed by atoms with Crippen molar-refractivity contribution in [3.05, 3.63) is 42.2 Å². The van der Waals surface area contributed by atoms with Crippen molar-refractivity contribution < 1.29 is 23.4 Å². The number of nitrogens with zero attached hydrogens (tertiary/aromatic N) is 3. The van der Waals surface area contributed by atoms with Gasteiger partial charge >= 0.3 is 0 Å². The minimum atomic E-state index is -3.67. The van der Waals surface area contributed by atoms with Gasteiger partial charge in [-0.1, -0.05) is 36.3 Å². The smallest absolute Gasteiger partial charge is 0.240 e. The van der Waals surface area contributed by atoms with E-state index in [0.717, 1.165) is 25.7 Å². The Kier molecular flexibility index (Phi) is 6.73. The van der Waals surface area contributed by atoms with Gasteiger partial charge in [-0.3, -0.25) is 4.68 Å². The summed E-state index contributed by atoms with van der Waals surface area (Å²) in [6.45, 7) is 0.311. The first-order valence-electron chi connectivity index (χ1n) is 10.9. The molecule has 1 saturated heterocycles. The molecule has 2 aromatic rings. The second-order valence-corrected chi connectivity index (χ2v) is 10.2. The van der Waals surface area contributed by atoms with Crippen LogP contribution in [-0.4, -0.2) is 58.5 Å². The lowest BCUT2D eigenvalue weighted by Crippen LogP contribution is -2.50. The van der Waals surface area contributed by atoms with Gasteiger partial charge in [0.15, 0.2) is 0 Å². The molecule has 0 unspecified atom stereocenters. The van der Waals surface area contributed by atoms with Crippen LogP contribution in [0.1, 0.15) is 50.6 Å². The van der Waals surface area contributed by atoms with Gasteiger partial charge in [0.1, 0.15) is 11.3 Å². The number of rotatable bonds is 8. The van der Waals surface area contributed by atoms with Gasteiger partial charge in [-0.15, -0.1) is 5.10 Å². The van der Waals surface area contributed by atoms with E-state index < -0.39 is 27.8 Å². The van der Waals surface area contributed by atoms with E-state index in [1.54, 1.807) is 29.1 Å². The molecule has 1 aromatic heterocycles. The highest BCUT2D eigenvalue weighted by Gasteiger charge is 2.36. The van der Waals surface area contributed by atoms with Crippen molar-refractivity contribution in [1.82, 2.24) is 19.7 Å². The summed E-state index contributed by atoms with van der Waals surface area (Å²) < 4.78 is 35.6. The second kappa shape index (κ2) is 9.33. The van der Waals surface area contributed by atoms with E-state index in [2.05, 4.69) is 15.0 Å². The molecule has 31 heavy (non-hydrogen) atoms. The second-order valence-electron chi connectivity index (χ2n) is 8.49. The van der Waals surface area contributed by atoms with E-state index >= 15 is 0 Å². The number of aliphatic hydroxyl groups excluding tert-OH is 1. The fraction of sp³-hybridized carbons (Fsp3) is 0.619.